The van der Waals surface area contributed by atoms with Gasteiger partial charge in [-0.3, -0.25) is 0 Å². The van der Waals surface area contributed by atoms with E-state index in [0.29, 0.717) is 18.2 Å². The van der Waals surface area contributed by atoms with Crippen LogP contribution in [0.15, 0.2) is 0 Å². The molecule has 0 radical (unpaired) electrons. The Morgan fingerprint density at radius 3 is 2.62 bits per heavy atom. The Morgan fingerprint density at radius 1 is 1.38 bits per heavy atom. The maximum atomic E-state index is 12.2. The number of hydrogen-bond acceptors (Lipinski definition) is 2. The first-order valence-electron chi connectivity index (χ1n) is 6.03. The Bertz CT molecular complexity index is 303. The summed E-state index contributed by atoms with van der Waals surface area (Å²) in [4.78, 5) is 0. The van der Waals surface area contributed by atoms with E-state index in [1.807, 2.05) is 0 Å². The van der Waals surface area contributed by atoms with E-state index in [0.717, 1.165) is 31.0 Å². The Kier molecular flexibility index (Phi) is 5.74. The molecule has 1 heterocycles. The molecule has 1 saturated heterocycles. The first-order chi connectivity index (χ1) is 7.47. The number of hydrogen-bond donors (Lipinski definition) is 0. The molecule has 3 nitrogen and oxygen atoms in total. The summed E-state index contributed by atoms with van der Waals surface area (Å²) in [5.74, 6) is 0.746. The molecular formula is C11H22BrNO2S. The summed E-state index contributed by atoms with van der Waals surface area (Å²) in [6.45, 7) is 4.83. The van der Waals surface area contributed by atoms with Gasteiger partial charge < -0.3 is 0 Å². The van der Waals surface area contributed by atoms with E-state index in [-0.39, 0.29) is 6.04 Å². The maximum Gasteiger partial charge on any atom is 0.214 e. The van der Waals surface area contributed by atoms with E-state index in [1.165, 1.54) is 0 Å². The minimum absolute atomic E-state index is 0.172. The molecule has 96 valence electrons. The van der Waals surface area contributed by atoms with Crippen LogP contribution in [0.1, 0.15) is 39.5 Å². The predicted molar refractivity (Wildman–Crippen MR) is 71.4 cm³/mol. The summed E-state index contributed by atoms with van der Waals surface area (Å²) < 4.78 is 26.0. The van der Waals surface area contributed by atoms with Gasteiger partial charge in [0, 0.05) is 17.9 Å². The van der Waals surface area contributed by atoms with E-state index in [9.17, 15) is 8.42 Å². The van der Waals surface area contributed by atoms with Gasteiger partial charge in [-0.05, 0) is 25.2 Å². The van der Waals surface area contributed by atoms with Gasteiger partial charge in [-0.15, -0.1) is 0 Å². The zero-order valence-electron chi connectivity index (χ0n) is 10.2. The third kappa shape index (κ3) is 4.00. The second-order valence-corrected chi connectivity index (χ2v) is 7.60. The molecule has 5 heteroatoms. The van der Waals surface area contributed by atoms with Crippen LogP contribution in [0, 0.1) is 5.92 Å². The smallest absolute Gasteiger partial charge is 0.212 e. The number of halogens is 1. The van der Waals surface area contributed by atoms with E-state index in [4.69, 9.17) is 0 Å². The second kappa shape index (κ2) is 6.36. The third-order valence-electron chi connectivity index (χ3n) is 3.06. The van der Waals surface area contributed by atoms with Crippen LogP contribution in [0.5, 0.6) is 0 Å². The van der Waals surface area contributed by atoms with Crippen molar-refractivity contribution in [1.82, 2.24) is 4.31 Å². The molecule has 0 aliphatic carbocycles. The lowest BCUT2D eigenvalue weighted by Gasteiger charge is -2.33. The van der Waals surface area contributed by atoms with Crippen LogP contribution < -0.4 is 0 Å². The van der Waals surface area contributed by atoms with Crippen LogP contribution in [-0.4, -0.2) is 36.4 Å². The van der Waals surface area contributed by atoms with Crippen LogP contribution in [0.4, 0.5) is 0 Å². The highest BCUT2D eigenvalue weighted by Crippen LogP contribution is 2.23. The van der Waals surface area contributed by atoms with Crippen LogP contribution in [0.2, 0.25) is 0 Å². The van der Waals surface area contributed by atoms with Crippen LogP contribution in [0.3, 0.4) is 0 Å². The molecule has 0 N–H and O–H groups in total. The molecule has 0 bridgehead atoms. The van der Waals surface area contributed by atoms with Crippen molar-refractivity contribution in [1.29, 1.82) is 0 Å². The number of sulfonamides is 1. The quantitative estimate of drug-likeness (QED) is 0.732. The molecule has 0 saturated carbocycles. The summed E-state index contributed by atoms with van der Waals surface area (Å²) in [5.41, 5.74) is 0. The van der Waals surface area contributed by atoms with Crippen molar-refractivity contribution in [2.45, 2.75) is 45.6 Å². The van der Waals surface area contributed by atoms with Gasteiger partial charge in [0.05, 0.1) is 5.75 Å². The van der Waals surface area contributed by atoms with Crippen molar-refractivity contribution < 1.29 is 8.42 Å². The highest BCUT2D eigenvalue weighted by atomic mass is 79.9. The van der Waals surface area contributed by atoms with Gasteiger partial charge in [-0.2, -0.15) is 4.31 Å². The highest BCUT2D eigenvalue weighted by Gasteiger charge is 2.31. The summed E-state index contributed by atoms with van der Waals surface area (Å²) >= 11 is 3.42. The van der Waals surface area contributed by atoms with E-state index >= 15 is 0 Å². The molecule has 1 aliphatic heterocycles. The van der Waals surface area contributed by atoms with Crippen LogP contribution in [0.25, 0.3) is 0 Å². The molecule has 0 amide bonds. The summed E-state index contributed by atoms with van der Waals surface area (Å²) in [5, 5.41) is 0.758. The van der Waals surface area contributed by atoms with Crippen LogP contribution in [-0.2, 0) is 10.0 Å². The minimum atomic E-state index is -3.04. The Labute approximate surface area is 108 Å². The highest BCUT2D eigenvalue weighted by molar-refractivity contribution is 9.09. The SMILES string of the molecule is CC(C)CCS(=O)(=O)N1CCCCC1CBr. The fourth-order valence-electron chi connectivity index (χ4n) is 2.00. The molecule has 0 aromatic carbocycles. The zero-order valence-corrected chi connectivity index (χ0v) is 12.6. The molecule has 16 heavy (non-hydrogen) atoms. The predicted octanol–water partition coefficient (Wildman–Crippen LogP) is 2.61. The summed E-state index contributed by atoms with van der Waals surface area (Å²) in [6, 6.07) is 0.172. The standard InChI is InChI=1S/C11H22BrNO2S/c1-10(2)6-8-16(14,15)13-7-4-3-5-11(13)9-12/h10-11H,3-9H2,1-2H3. The Balaban J connectivity index is 2.64. The van der Waals surface area contributed by atoms with Gasteiger partial charge >= 0.3 is 0 Å². The van der Waals surface area contributed by atoms with Gasteiger partial charge in [0.1, 0.15) is 0 Å². The first-order valence-corrected chi connectivity index (χ1v) is 8.76. The first kappa shape index (κ1) is 14.5. The molecule has 1 fully saturated rings. The van der Waals surface area contributed by atoms with Crippen molar-refractivity contribution in [3.05, 3.63) is 0 Å². The average molecular weight is 312 g/mol. The molecule has 1 aliphatic rings. The van der Waals surface area contributed by atoms with E-state index < -0.39 is 10.0 Å². The normalized spacial score (nSPS) is 23.9. The molecule has 0 aromatic heterocycles. The third-order valence-corrected chi connectivity index (χ3v) is 5.76. The lowest BCUT2D eigenvalue weighted by molar-refractivity contribution is 0.273. The summed E-state index contributed by atoms with van der Waals surface area (Å²) in [7, 11) is -3.04. The molecule has 1 atom stereocenters. The molecule has 0 spiro atoms. The average Bonchev–Trinajstić information content (AvgIpc) is 2.26. The number of nitrogens with zero attached hydrogens (tertiary/aromatic N) is 1. The lowest BCUT2D eigenvalue weighted by atomic mass is 10.1. The van der Waals surface area contributed by atoms with Crippen molar-refractivity contribution in [3.63, 3.8) is 0 Å². The van der Waals surface area contributed by atoms with Crippen molar-refractivity contribution in [3.8, 4) is 0 Å². The number of rotatable bonds is 5. The maximum absolute atomic E-state index is 12.2. The number of alkyl halides is 1. The van der Waals surface area contributed by atoms with Gasteiger partial charge in [0.25, 0.3) is 0 Å². The Hall–Kier alpha value is 0.390. The molecule has 1 rings (SSSR count). The Morgan fingerprint density at radius 2 is 2.06 bits per heavy atom. The molecule has 0 aromatic rings. The van der Waals surface area contributed by atoms with Gasteiger partial charge in [-0.25, -0.2) is 8.42 Å². The van der Waals surface area contributed by atoms with Crippen LogP contribution >= 0.6 is 15.9 Å². The largest absolute Gasteiger partial charge is 0.214 e. The van der Waals surface area contributed by atoms with Gasteiger partial charge in [0.2, 0.25) is 10.0 Å². The van der Waals surface area contributed by atoms with E-state index in [2.05, 4.69) is 29.8 Å². The fourth-order valence-corrected chi connectivity index (χ4v) is 4.91. The monoisotopic (exact) mass is 311 g/mol. The minimum Gasteiger partial charge on any atom is -0.212 e. The van der Waals surface area contributed by atoms with Gasteiger partial charge in [-0.1, -0.05) is 36.2 Å². The molecule has 1 unspecified atom stereocenters. The fraction of sp³-hybridized carbons (Fsp3) is 1.00. The van der Waals surface area contributed by atoms with Gasteiger partial charge in [0.15, 0.2) is 0 Å². The topological polar surface area (TPSA) is 37.4 Å². The summed E-state index contributed by atoms with van der Waals surface area (Å²) in [6.07, 6.45) is 3.90. The van der Waals surface area contributed by atoms with Crippen molar-refractivity contribution in [2.75, 3.05) is 17.6 Å². The van der Waals surface area contributed by atoms with E-state index in [1.54, 1.807) is 4.31 Å². The lowest BCUT2D eigenvalue weighted by Crippen LogP contribution is -2.45. The van der Waals surface area contributed by atoms with Crippen molar-refractivity contribution >= 4 is 26.0 Å². The second-order valence-electron chi connectivity index (χ2n) is 4.91. The molecular weight excluding hydrogens is 290 g/mol. The zero-order chi connectivity index (χ0) is 12.2. The van der Waals surface area contributed by atoms with Crippen molar-refractivity contribution in [2.24, 2.45) is 5.92 Å². The number of piperidine rings is 1.